The minimum Gasteiger partial charge on any atom is -0.352 e. The highest BCUT2D eigenvalue weighted by molar-refractivity contribution is 9.09. The maximum absolute atomic E-state index is 11.8. The summed E-state index contributed by atoms with van der Waals surface area (Å²) in [7, 11) is 0. The van der Waals surface area contributed by atoms with Gasteiger partial charge < -0.3 is 5.32 Å². The van der Waals surface area contributed by atoms with Gasteiger partial charge in [0.05, 0.1) is 0 Å². The molecule has 2 atom stereocenters. The molecule has 2 unspecified atom stereocenters. The van der Waals surface area contributed by atoms with E-state index in [2.05, 4.69) is 21.2 Å². The molecule has 0 saturated heterocycles. The summed E-state index contributed by atoms with van der Waals surface area (Å²) < 4.78 is 0. The van der Waals surface area contributed by atoms with Crippen LogP contribution in [0.25, 0.3) is 0 Å². The quantitative estimate of drug-likeness (QED) is 0.608. The Labute approximate surface area is 100 Å². The first-order chi connectivity index (χ1) is 7.27. The molecule has 0 aliphatic heterocycles. The van der Waals surface area contributed by atoms with Crippen LogP contribution in [0.1, 0.15) is 51.4 Å². The summed E-state index contributed by atoms with van der Waals surface area (Å²) >= 11 is 3.71. The number of nitrogens with one attached hydrogen (secondary N) is 1. The van der Waals surface area contributed by atoms with Crippen LogP contribution in [-0.4, -0.2) is 16.8 Å². The molecule has 2 saturated carbocycles. The van der Waals surface area contributed by atoms with E-state index in [1.165, 1.54) is 32.1 Å². The first kappa shape index (κ1) is 11.4. The van der Waals surface area contributed by atoms with E-state index in [9.17, 15) is 4.79 Å². The van der Waals surface area contributed by atoms with Gasteiger partial charge in [-0.1, -0.05) is 41.6 Å². The number of halogens is 1. The van der Waals surface area contributed by atoms with Crippen LogP contribution in [-0.2, 0) is 4.79 Å². The summed E-state index contributed by atoms with van der Waals surface area (Å²) in [6.45, 7) is 0. The fourth-order valence-corrected chi connectivity index (χ4v) is 3.12. The third-order valence-corrected chi connectivity index (χ3v) is 4.83. The lowest BCUT2D eigenvalue weighted by Crippen LogP contribution is -2.44. The van der Waals surface area contributed by atoms with Gasteiger partial charge in [-0.3, -0.25) is 4.79 Å². The lowest BCUT2D eigenvalue weighted by molar-refractivity contribution is -0.128. The SMILES string of the molecule is O=C(NC1CCCCCC1Br)C1CCC1. The molecule has 0 bridgehead atoms. The Morgan fingerprint density at radius 1 is 1.00 bits per heavy atom. The van der Waals surface area contributed by atoms with Crippen LogP contribution in [0.4, 0.5) is 0 Å². The van der Waals surface area contributed by atoms with E-state index in [4.69, 9.17) is 0 Å². The molecule has 0 radical (unpaired) electrons. The van der Waals surface area contributed by atoms with Gasteiger partial charge in [-0.25, -0.2) is 0 Å². The summed E-state index contributed by atoms with van der Waals surface area (Å²) in [5.41, 5.74) is 0. The highest BCUT2D eigenvalue weighted by Crippen LogP contribution is 2.28. The first-order valence-electron chi connectivity index (χ1n) is 6.22. The van der Waals surface area contributed by atoms with Crippen LogP contribution in [0.15, 0.2) is 0 Å². The molecule has 3 heteroatoms. The van der Waals surface area contributed by atoms with E-state index in [1.54, 1.807) is 0 Å². The number of rotatable bonds is 2. The number of carbonyl (C=O) groups excluding carboxylic acids is 1. The first-order valence-corrected chi connectivity index (χ1v) is 7.13. The third-order valence-electron chi connectivity index (χ3n) is 3.74. The molecule has 2 aliphatic carbocycles. The van der Waals surface area contributed by atoms with Crippen LogP contribution >= 0.6 is 15.9 Å². The van der Waals surface area contributed by atoms with E-state index in [-0.39, 0.29) is 0 Å². The second-order valence-electron chi connectivity index (χ2n) is 4.90. The molecule has 2 rings (SSSR count). The van der Waals surface area contributed by atoms with Crippen LogP contribution in [0, 0.1) is 5.92 Å². The van der Waals surface area contributed by atoms with Crippen molar-refractivity contribution in [2.24, 2.45) is 5.92 Å². The minimum atomic E-state index is 0.303. The van der Waals surface area contributed by atoms with Crippen LogP contribution < -0.4 is 5.32 Å². The molecule has 2 aliphatic rings. The zero-order valence-electron chi connectivity index (χ0n) is 9.18. The molecular weight excluding hydrogens is 254 g/mol. The van der Waals surface area contributed by atoms with Crippen molar-refractivity contribution in [3.05, 3.63) is 0 Å². The zero-order chi connectivity index (χ0) is 10.7. The molecule has 1 amide bonds. The number of carbonyl (C=O) groups is 1. The topological polar surface area (TPSA) is 29.1 Å². The Bertz CT molecular complexity index is 228. The monoisotopic (exact) mass is 273 g/mol. The highest BCUT2D eigenvalue weighted by Gasteiger charge is 2.29. The van der Waals surface area contributed by atoms with Crippen molar-refractivity contribution < 1.29 is 4.79 Å². The second-order valence-corrected chi connectivity index (χ2v) is 6.07. The van der Waals surface area contributed by atoms with Crippen molar-refractivity contribution >= 4 is 21.8 Å². The van der Waals surface area contributed by atoms with E-state index in [1.807, 2.05) is 0 Å². The zero-order valence-corrected chi connectivity index (χ0v) is 10.8. The number of amides is 1. The Kier molecular flexibility index (Phi) is 4.06. The van der Waals surface area contributed by atoms with E-state index < -0.39 is 0 Å². The molecule has 0 aromatic heterocycles. The average molecular weight is 274 g/mol. The van der Waals surface area contributed by atoms with Gasteiger partial charge in [0.2, 0.25) is 5.91 Å². The van der Waals surface area contributed by atoms with Crippen molar-refractivity contribution in [1.29, 1.82) is 0 Å². The van der Waals surface area contributed by atoms with Gasteiger partial charge in [-0.05, 0) is 25.7 Å². The standard InChI is InChI=1S/C12H20BrNO/c13-10-7-2-1-3-8-11(10)14-12(15)9-5-4-6-9/h9-11H,1-8H2,(H,14,15). The van der Waals surface area contributed by atoms with Gasteiger partial charge in [0.15, 0.2) is 0 Å². The average Bonchev–Trinajstić information content (AvgIpc) is 2.29. The fourth-order valence-electron chi connectivity index (χ4n) is 2.40. The van der Waals surface area contributed by atoms with Gasteiger partial charge in [-0.15, -0.1) is 0 Å². The lowest BCUT2D eigenvalue weighted by atomic mass is 9.84. The molecule has 2 fully saturated rings. The Balaban J connectivity index is 1.82. The van der Waals surface area contributed by atoms with Crippen molar-refractivity contribution in [3.8, 4) is 0 Å². The Morgan fingerprint density at radius 2 is 1.73 bits per heavy atom. The minimum absolute atomic E-state index is 0.303. The maximum Gasteiger partial charge on any atom is 0.223 e. The second kappa shape index (κ2) is 5.33. The molecule has 1 N–H and O–H groups in total. The van der Waals surface area contributed by atoms with Crippen molar-refractivity contribution in [3.63, 3.8) is 0 Å². The molecule has 0 spiro atoms. The van der Waals surface area contributed by atoms with Crippen molar-refractivity contribution in [2.75, 3.05) is 0 Å². The smallest absolute Gasteiger partial charge is 0.223 e. The summed E-state index contributed by atoms with van der Waals surface area (Å²) in [4.78, 5) is 12.3. The van der Waals surface area contributed by atoms with Gasteiger partial charge in [0.1, 0.15) is 0 Å². The third kappa shape index (κ3) is 2.96. The molecule has 0 aromatic rings. The van der Waals surface area contributed by atoms with Gasteiger partial charge >= 0.3 is 0 Å². The van der Waals surface area contributed by atoms with Crippen LogP contribution in [0.5, 0.6) is 0 Å². The van der Waals surface area contributed by atoms with Gasteiger partial charge in [0, 0.05) is 16.8 Å². The normalized spacial score (nSPS) is 32.9. The summed E-state index contributed by atoms with van der Waals surface area (Å²) in [5.74, 6) is 0.630. The van der Waals surface area contributed by atoms with Crippen LogP contribution in [0.2, 0.25) is 0 Å². The maximum atomic E-state index is 11.8. The summed E-state index contributed by atoms with van der Waals surface area (Å²) in [6.07, 6.45) is 9.67. The predicted molar refractivity (Wildman–Crippen MR) is 65.1 cm³/mol. The van der Waals surface area contributed by atoms with Crippen LogP contribution in [0.3, 0.4) is 0 Å². The molecule has 15 heavy (non-hydrogen) atoms. The Hall–Kier alpha value is -0.0500. The van der Waals surface area contributed by atoms with Gasteiger partial charge in [-0.2, -0.15) is 0 Å². The largest absolute Gasteiger partial charge is 0.352 e. The fraction of sp³-hybridized carbons (Fsp3) is 0.917. The number of alkyl halides is 1. The molecule has 0 aromatic carbocycles. The highest BCUT2D eigenvalue weighted by atomic mass is 79.9. The summed E-state index contributed by atoms with van der Waals surface area (Å²) in [6, 6.07) is 0.376. The predicted octanol–water partition coefficient (Wildman–Crippen LogP) is 3.00. The van der Waals surface area contributed by atoms with E-state index in [0.29, 0.717) is 22.7 Å². The van der Waals surface area contributed by atoms with E-state index in [0.717, 1.165) is 19.3 Å². The molecule has 0 heterocycles. The van der Waals surface area contributed by atoms with E-state index >= 15 is 0 Å². The number of hydrogen-bond acceptors (Lipinski definition) is 1. The molecule has 86 valence electrons. The molecule has 2 nitrogen and oxygen atoms in total. The summed E-state index contributed by atoms with van der Waals surface area (Å²) in [5, 5.41) is 3.22. The van der Waals surface area contributed by atoms with Crippen molar-refractivity contribution in [2.45, 2.75) is 62.2 Å². The lowest BCUT2D eigenvalue weighted by Gasteiger charge is -2.28. The van der Waals surface area contributed by atoms with Gasteiger partial charge in [0.25, 0.3) is 0 Å². The Morgan fingerprint density at radius 3 is 2.40 bits per heavy atom. The number of hydrogen-bond donors (Lipinski definition) is 1. The van der Waals surface area contributed by atoms with Crippen molar-refractivity contribution in [1.82, 2.24) is 5.32 Å². The molecular formula is C12H20BrNO.